The molecule has 106 valence electrons. The molecule has 5 heteroatoms. The van der Waals surface area contributed by atoms with Crippen LogP contribution in [0.5, 0.6) is 0 Å². The van der Waals surface area contributed by atoms with Crippen LogP contribution in [0.1, 0.15) is 27.4 Å². The first-order chi connectivity index (χ1) is 9.92. The molecule has 0 aliphatic heterocycles. The van der Waals surface area contributed by atoms with Gasteiger partial charge in [-0.05, 0) is 36.8 Å². The van der Waals surface area contributed by atoms with Crippen LogP contribution in [0.3, 0.4) is 0 Å². The predicted octanol–water partition coefficient (Wildman–Crippen LogP) is 4.53. The van der Waals surface area contributed by atoms with Crippen LogP contribution in [0, 0.1) is 29.9 Å². The molecule has 1 atom stereocenters. The van der Waals surface area contributed by atoms with Crippen LogP contribution >= 0.6 is 15.9 Å². The Bertz CT molecular complexity index is 732. The van der Waals surface area contributed by atoms with Gasteiger partial charge in [0.25, 0.3) is 0 Å². The fraction of sp³-hybridized carbons (Fsp3) is 0.125. The summed E-state index contributed by atoms with van der Waals surface area (Å²) < 4.78 is 27.4. The van der Waals surface area contributed by atoms with Crippen molar-refractivity contribution in [1.29, 1.82) is 5.26 Å². The van der Waals surface area contributed by atoms with E-state index in [-0.39, 0.29) is 5.56 Å². The largest absolute Gasteiger partial charge is 0.292 e. The first-order valence-electron chi connectivity index (χ1n) is 6.08. The van der Waals surface area contributed by atoms with Crippen LogP contribution in [0.15, 0.2) is 40.9 Å². The van der Waals surface area contributed by atoms with Crippen molar-refractivity contribution in [3.8, 4) is 6.07 Å². The molecule has 1 unspecified atom stereocenters. The van der Waals surface area contributed by atoms with Crippen molar-refractivity contribution in [2.24, 2.45) is 0 Å². The summed E-state index contributed by atoms with van der Waals surface area (Å²) in [7, 11) is 0. The van der Waals surface area contributed by atoms with E-state index in [0.717, 1.165) is 17.7 Å². The van der Waals surface area contributed by atoms with Gasteiger partial charge in [-0.1, -0.05) is 22.0 Å². The summed E-state index contributed by atoms with van der Waals surface area (Å²) in [6, 6.07) is 9.62. The molecule has 21 heavy (non-hydrogen) atoms. The molecule has 0 aliphatic carbocycles. The fourth-order valence-corrected chi connectivity index (χ4v) is 2.66. The summed E-state index contributed by atoms with van der Waals surface area (Å²) in [6.07, 6.45) is 0. The van der Waals surface area contributed by atoms with Gasteiger partial charge in [0.2, 0.25) is 0 Å². The van der Waals surface area contributed by atoms with Crippen molar-refractivity contribution in [3.63, 3.8) is 0 Å². The minimum Gasteiger partial charge on any atom is -0.292 e. The van der Waals surface area contributed by atoms with Crippen molar-refractivity contribution in [1.82, 2.24) is 0 Å². The number of hydrogen-bond acceptors (Lipinski definition) is 2. The second kappa shape index (κ2) is 6.15. The first-order valence-corrected chi connectivity index (χ1v) is 6.87. The highest BCUT2D eigenvalue weighted by molar-refractivity contribution is 9.10. The number of carbonyl (C=O) groups is 1. The molecule has 0 spiro atoms. The molecule has 2 aromatic rings. The van der Waals surface area contributed by atoms with E-state index in [9.17, 15) is 18.8 Å². The van der Waals surface area contributed by atoms with Gasteiger partial charge in [-0.25, -0.2) is 8.78 Å². The Morgan fingerprint density at radius 3 is 2.52 bits per heavy atom. The van der Waals surface area contributed by atoms with E-state index in [2.05, 4.69) is 15.9 Å². The minimum atomic E-state index is -1.31. The van der Waals surface area contributed by atoms with Crippen LogP contribution in [-0.4, -0.2) is 5.78 Å². The molecule has 0 saturated heterocycles. The highest BCUT2D eigenvalue weighted by atomic mass is 79.9. The van der Waals surface area contributed by atoms with Crippen molar-refractivity contribution in [2.45, 2.75) is 12.8 Å². The van der Waals surface area contributed by atoms with Crippen LogP contribution in [0.25, 0.3) is 0 Å². The zero-order valence-corrected chi connectivity index (χ0v) is 12.6. The van der Waals surface area contributed by atoms with Gasteiger partial charge in [0, 0.05) is 21.7 Å². The van der Waals surface area contributed by atoms with E-state index < -0.39 is 23.3 Å². The first kappa shape index (κ1) is 15.3. The third kappa shape index (κ3) is 3.34. The van der Waals surface area contributed by atoms with Gasteiger partial charge in [0.15, 0.2) is 5.78 Å². The maximum Gasteiger partial charge on any atom is 0.184 e. The SMILES string of the molecule is Cc1cc(Br)cc(C(=O)C(C#N)c2ccc(F)cc2F)c1. The van der Waals surface area contributed by atoms with Gasteiger partial charge in [-0.2, -0.15) is 5.26 Å². The van der Waals surface area contributed by atoms with E-state index in [1.54, 1.807) is 25.1 Å². The number of halogens is 3. The normalized spacial score (nSPS) is 11.8. The predicted molar refractivity (Wildman–Crippen MR) is 77.9 cm³/mol. The molecule has 0 bridgehead atoms. The lowest BCUT2D eigenvalue weighted by Crippen LogP contribution is -2.13. The lowest BCUT2D eigenvalue weighted by molar-refractivity contribution is 0.0977. The van der Waals surface area contributed by atoms with Gasteiger partial charge in [-0.15, -0.1) is 0 Å². The number of benzene rings is 2. The van der Waals surface area contributed by atoms with Crippen LogP contribution in [-0.2, 0) is 0 Å². The summed E-state index contributed by atoms with van der Waals surface area (Å²) in [6.45, 7) is 1.81. The van der Waals surface area contributed by atoms with Gasteiger partial charge in [0.1, 0.15) is 17.6 Å². The van der Waals surface area contributed by atoms with Gasteiger partial charge < -0.3 is 0 Å². The molecule has 0 fully saturated rings. The lowest BCUT2D eigenvalue weighted by Gasteiger charge is -2.11. The van der Waals surface area contributed by atoms with Gasteiger partial charge in [0.05, 0.1) is 6.07 Å². The number of rotatable bonds is 3. The van der Waals surface area contributed by atoms with E-state index in [1.165, 1.54) is 0 Å². The number of aryl methyl sites for hydroxylation is 1. The van der Waals surface area contributed by atoms with Crippen molar-refractivity contribution >= 4 is 21.7 Å². The Hall–Kier alpha value is -2.06. The number of nitriles is 1. The molecular weight excluding hydrogens is 340 g/mol. The van der Waals surface area contributed by atoms with E-state index >= 15 is 0 Å². The standard InChI is InChI=1S/C16H10BrF2NO/c1-9-4-10(6-11(17)5-9)16(21)14(8-20)13-3-2-12(18)7-15(13)19/h2-7,14H,1H3. The Kier molecular flexibility index (Phi) is 4.49. The van der Waals surface area contributed by atoms with E-state index in [4.69, 9.17) is 0 Å². The zero-order chi connectivity index (χ0) is 15.6. The van der Waals surface area contributed by atoms with Crippen molar-refractivity contribution < 1.29 is 13.6 Å². The van der Waals surface area contributed by atoms with Crippen LogP contribution in [0.4, 0.5) is 8.78 Å². The average molecular weight is 350 g/mol. The number of carbonyl (C=O) groups excluding carboxylic acids is 1. The number of nitrogens with zero attached hydrogens (tertiary/aromatic N) is 1. The second-order valence-corrected chi connectivity index (χ2v) is 5.53. The summed E-state index contributed by atoms with van der Waals surface area (Å²) in [5.74, 6) is -3.48. The van der Waals surface area contributed by atoms with E-state index in [0.29, 0.717) is 16.1 Å². The number of Topliss-reactive ketones (excluding diaryl/α,β-unsaturated/α-hetero) is 1. The number of ketones is 1. The smallest absolute Gasteiger partial charge is 0.184 e. The molecule has 0 amide bonds. The highest BCUT2D eigenvalue weighted by Crippen LogP contribution is 2.25. The summed E-state index contributed by atoms with van der Waals surface area (Å²) >= 11 is 3.27. The van der Waals surface area contributed by atoms with E-state index in [1.807, 2.05) is 6.07 Å². The topological polar surface area (TPSA) is 40.9 Å². The summed E-state index contributed by atoms with van der Waals surface area (Å²) in [4.78, 5) is 12.4. The Balaban J connectivity index is 2.46. The molecular formula is C16H10BrF2NO. The molecule has 2 nitrogen and oxygen atoms in total. The average Bonchev–Trinajstić information content (AvgIpc) is 2.40. The molecule has 0 N–H and O–H groups in total. The Labute approximate surface area is 129 Å². The van der Waals surface area contributed by atoms with Gasteiger partial charge >= 0.3 is 0 Å². The summed E-state index contributed by atoms with van der Waals surface area (Å²) in [5.41, 5.74) is 1.02. The molecule has 2 rings (SSSR count). The third-order valence-corrected chi connectivity index (χ3v) is 3.45. The quantitative estimate of drug-likeness (QED) is 0.764. The number of hydrogen-bond donors (Lipinski definition) is 0. The fourth-order valence-electron chi connectivity index (χ4n) is 2.05. The third-order valence-electron chi connectivity index (χ3n) is 2.99. The lowest BCUT2D eigenvalue weighted by atomic mass is 9.91. The van der Waals surface area contributed by atoms with Crippen LogP contribution in [0.2, 0.25) is 0 Å². The molecule has 0 aliphatic rings. The maximum atomic E-state index is 13.8. The van der Waals surface area contributed by atoms with Crippen molar-refractivity contribution in [2.75, 3.05) is 0 Å². The second-order valence-electron chi connectivity index (χ2n) is 4.61. The van der Waals surface area contributed by atoms with Gasteiger partial charge in [-0.3, -0.25) is 4.79 Å². The highest BCUT2D eigenvalue weighted by Gasteiger charge is 2.25. The molecule has 0 aromatic heterocycles. The molecule has 0 radical (unpaired) electrons. The maximum absolute atomic E-state index is 13.8. The minimum absolute atomic E-state index is 0.124. The molecule has 2 aromatic carbocycles. The van der Waals surface area contributed by atoms with Crippen LogP contribution < -0.4 is 0 Å². The Morgan fingerprint density at radius 1 is 1.24 bits per heavy atom. The zero-order valence-electron chi connectivity index (χ0n) is 11.0. The molecule has 0 saturated carbocycles. The van der Waals surface area contributed by atoms with Crippen molar-refractivity contribution in [3.05, 3.63) is 69.2 Å². The Morgan fingerprint density at radius 2 is 1.95 bits per heavy atom. The molecule has 0 heterocycles. The summed E-state index contributed by atoms with van der Waals surface area (Å²) in [5, 5.41) is 9.20. The monoisotopic (exact) mass is 349 g/mol.